The standard InChI is InChI=1S/C32H31BrN4O3S2/c1-23-12-13-26(22-29(23)33)31(38)35-32(41)34-27-14-16-28(17-15-27)42(39,40)37-20-18-36(19-21-37)30(24-8-4-2-5-9-24)25-10-6-3-7-11-25/h2-17,22,30H,18-21H2,1H3,(H2,34,35,38,41). The number of hydrogen-bond acceptors (Lipinski definition) is 5. The van der Waals surface area contributed by atoms with E-state index < -0.39 is 10.0 Å². The highest BCUT2D eigenvalue weighted by Crippen LogP contribution is 2.30. The summed E-state index contributed by atoms with van der Waals surface area (Å²) < 4.78 is 29.4. The van der Waals surface area contributed by atoms with Gasteiger partial charge in [0.25, 0.3) is 5.91 Å². The van der Waals surface area contributed by atoms with Gasteiger partial charge in [0.15, 0.2) is 5.11 Å². The van der Waals surface area contributed by atoms with Crippen LogP contribution in [-0.2, 0) is 10.0 Å². The fourth-order valence-electron chi connectivity index (χ4n) is 5.02. The van der Waals surface area contributed by atoms with E-state index in [9.17, 15) is 13.2 Å². The van der Waals surface area contributed by atoms with Gasteiger partial charge in [-0.05, 0) is 72.2 Å². The molecule has 4 aromatic rings. The van der Waals surface area contributed by atoms with E-state index in [2.05, 4.69) is 55.7 Å². The molecule has 7 nitrogen and oxygen atoms in total. The first-order chi connectivity index (χ1) is 20.2. The maximum Gasteiger partial charge on any atom is 0.257 e. The molecular formula is C32H31BrN4O3S2. The zero-order valence-corrected chi connectivity index (χ0v) is 26.3. The molecule has 1 saturated heterocycles. The first-order valence-electron chi connectivity index (χ1n) is 13.5. The SMILES string of the molecule is Cc1ccc(C(=O)NC(=S)Nc2ccc(S(=O)(=O)N3CCN(C(c4ccccc4)c4ccccc4)CC3)cc2)cc1Br. The smallest absolute Gasteiger partial charge is 0.257 e. The lowest BCUT2D eigenvalue weighted by atomic mass is 9.96. The Morgan fingerprint density at radius 1 is 0.833 bits per heavy atom. The number of piperazine rings is 1. The highest BCUT2D eigenvalue weighted by molar-refractivity contribution is 9.10. The van der Waals surface area contributed by atoms with Crippen molar-refractivity contribution in [3.05, 3.63) is 130 Å². The van der Waals surface area contributed by atoms with Crippen LogP contribution in [0.25, 0.3) is 0 Å². The van der Waals surface area contributed by atoms with E-state index in [-0.39, 0.29) is 22.0 Å². The van der Waals surface area contributed by atoms with Gasteiger partial charge >= 0.3 is 0 Å². The van der Waals surface area contributed by atoms with Crippen LogP contribution in [0.15, 0.2) is 112 Å². The summed E-state index contributed by atoms with van der Waals surface area (Å²) in [7, 11) is -3.68. The minimum atomic E-state index is -3.68. The third-order valence-electron chi connectivity index (χ3n) is 7.28. The summed E-state index contributed by atoms with van der Waals surface area (Å²) >= 11 is 8.73. The predicted octanol–water partition coefficient (Wildman–Crippen LogP) is 5.98. The first-order valence-corrected chi connectivity index (χ1v) is 16.2. The summed E-state index contributed by atoms with van der Waals surface area (Å²) in [5.74, 6) is -0.340. The molecule has 0 unspecified atom stereocenters. The summed E-state index contributed by atoms with van der Waals surface area (Å²) in [6.07, 6.45) is 0. The summed E-state index contributed by atoms with van der Waals surface area (Å²) in [6, 6.07) is 32.4. The molecule has 1 aliphatic heterocycles. The number of carbonyl (C=O) groups excluding carboxylic acids is 1. The number of nitrogens with one attached hydrogen (secondary N) is 2. The summed E-state index contributed by atoms with van der Waals surface area (Å²) in [6.45, 7) is 3.94. The third kappa shape index (κ3) is 6.96. The molecule has 1 fully saturated rings. The van der Waals surface area contributed by atoms with Crippen molar-refractivity contribution in [1.82, 2.24) is 14.5 Å². The lowest BCUT2D eigenvalue weighted by molar-refractivity contribution is 0.0977. The van der Waals surface area contributed by atoms with Gasteiger partial charge in [-0.15, -0.1) is 0 Å². The average molecular weight is 664 g/mol. The summed E-state index contributed by atoms with van der Waals surface area (Å²) in [5, 5.41) is 5.72. The average Bonchev–Trinajstić information content (AvgIpc) is 3.00. The Bertz CT molecular complexity index is 1620. The van der Waals surface area contributed by atoms with E-state index in [1.807, 2.05) is 49.4 Å². The Morgan fingerprint density at radius 2 is 1.40 bits per heavy atom. The van der Waals surface area contributed by atoms with Gasteiger partial charge in [-0.25, -0.2) is 8.42 Å². The number of sulfonamides is 1. The van der Waals surface area contributed by atoms with Crippen molar-refractivity contribution in [1.29, 1.82) is 0 Å². The number of aryl methyl sites for hydroxylation is 1. The van der Waals surface area contributed by atoms with E-state index >= 15 is 0 Å². The van der Waals surface area contributed by atoms with Crippen molar-refractivity contribution in [2.24, 2.45) is 0 Å². The Balaban J connectivity index is 1.21. The molecule has 0 atom stereocenters. The fourth-order valence-corrected chi connectivity index (χ4v) is 7.03. The fraction of sp³-hybridized carbons (Fsp3) is 0.188. The lowest BCUT2D eigenvalue weighted by Gasteiger charge is -2.39. The van der Waals surface area contributed by atoms with Gasteiger partial charge in [0.05, 0.1) is 10.9 Å². The van der Waals surface area contributed by atoms with Gasteiger partial charge in [0.1, 0.15) is 0 Å². The number of hydrogen-bond donors (Lipinski definition) is 2. The van der Waals surface area contributed by atoms with E-state index in [1.54, 1.807) is 40.7 Å². The minimum Gasteiger partial charge on any atom is -0.332 e. The number of nitrogens with zero attached hydrogens (tertiary/aromatic N) is 2. The number of thiocarbonyl (C=S) groups is 1. The van der Waals surface area contributed by atoms with Crippen LogP contribution in [0.3, 0.4) is 0 Å². The molecule has 42 heavy (non-hydrogen) atoms. The van der Waals surface area contributed by atoms with Crippen LogP contribution >= 0.6 is 28.1 Å². The third-order valence-corrected chi connectivity index (χ3v) is 10.3. The molecule has 5 rings (SSSR count). The Morgan fingerprint density at radius 3 is 1.95 bits per heavy atom. The second kappa shape index (κ2) is 13.3. The molecule has 2 N–H and O–H groups in total. The molecular weight excluding hydrogens is 632 g/mol. The molecule has 0 aliphatic carbocycles. The van der Waals surface area contributed by atoms with Gasteiger partial charge in [0.2, 0.25) is 10.0 Å². The Kier molecular flexibility index (Phi) is 9.50. The number of halogens is 1. The van der Waals surface area contributed by atoms with E-state index in [0.717, 1.165) is 10.0 Å². The van der Waals surface area contributed by atoms with Crippen LogP contribution in [0, 0.1) is 6.92 Å². The number of rotatable bonds is 7. The highest BCUT2D eigenvalue weighted by atomic mass is 79.9. The topological polar surface area (TPSA) is 81.8 Å². The largest absolute Gasteiger partial charge is 0.332 e. The van der Waals surface area contributed by atoms with Gasteiger partial charge < -0.3 is 5.32 Å². The van der Waals surface area contributed by atoms with Crippen LogP contribution in [0.4, 0.5) is 5.69 Å². The molecule has 216 valence electrons. The molecule has 0 saturated carbocycles. The maximum absolute atomic E-state index is 13.5. The molecule has 4 aromatic carbocycles. The maximum atomic E-state index is 13.5. The molecule has 1 amide bonds. The van der Waals surface area contributed by atoms with E-state index in [0.29, 0.717) is 37.4 Å². The summed E-state index contributed by atoms with van der Waals surface area (Å²) in [5.41, 5.74) is 4.43. The zero-order chi connectivity index (χ0) is 29.7. The van der Waals surface area contributed by atoms with Crippen LogP contribution in [-0.4, -0.2) is 54.8 Å². The van der Waals surface area contributed by atoms with Gasteiger partial charge in [0, 0.05) is 41.9 Å². The Hall–Kier alpha value is -3.41. The van der Waals surface area contributed by atoms with Crippen LogP contribution in [0.2, 0.25) is 0 Å². The molecule has 1 heterocycles. The first kappa shape index (κ1) is 30.1. The van der Waals surface area contributed by atoms with Crippen molar-refractivity contribution in [3.8, 4) is 0 Å². The molecule has 10 heteroatoms. The molecule has 0 spiro atoms. The number of amides is 1. The zero-order valence-electron chi connectivity index (χ0n) is 23.0. The quantitative estimate of drug-likeness (QED) is 0.237. The van der Waals surface area contributed by atoms with Gasteiger partial charge in [-0.2, -0.15) is 4.31 Å². The van der Waals surface area contributed by atoms with E-state index in [4.69, 9.17) is 12.2 Å². The van der Waals surface area contributed by atoms with Crippen molar-refractivity contribution in [2.45, 2.75) is 17.9 Å². The minimum absolute atomic E-state index is 0.0551. The van der Waals surface area contributed by atoms with Crippen LogP contribution in [0.1, 0.15) is 33.1 Å². The Labute approximate surface area is 260 Å². The van der Waals surface area contributed by atoms with Crippen molar-refractivity contribution >= 4 is 54.9 Å². The summed E-state index contributed by atoms with van der Waals surface area (Å²) in [4.78, 5) is 15.1. The lowest BCUT2D eigenvalue weighted by Crippen LogP contribution is -2.49. The number of carbonyl (C=O) groups is 1. The normalized spacial score (nSPS) is 14.5. The molecule has 0 bridgehead atoms. The number of benzene rings is 4. The van der Waals surface area contributed by atoms with E-state index in [1.165, 1.54) is 11.1 Å². The predicted molar refractivity (Wildman–Crippen MR) is 174 cm³/mol. The molecule has 1 aliphatic rings. The molecule has 0 radical (unpaired) electrons. The van der Waals surface area contributed by atoms with Crippen molar-refractivity contribution in [2.75, 3.05) is 31.5 Å². The van der Waals surface area contributed by atoms with Crippen LogP contribution < -0.4 is 10.6 Å². The van der Waals surface area contributed by atoms with Crippen molar-refractivity contribution in [3.63, 3.8) is 0 Å². The van der Waals surface area contributed by atoms with Crippen LogP contribution in [0.5, 0.6) is 0 Å². The van der Waals surface area contributed by atoms with Crippen molar-refractivity contribution < 1.29 is 13.2 Å². The highest BCUT2D eigenvalue weighted by Gasteiger charge is 2.32. The number of anilines is 1. The second-order valence-electron chi connectivity index (χ2n) is 10.1. The van der Waals surface area contributed by atoms with Gasteiger partial charge in [-0.3, -0.25) is 15.0 Å². The second-order valence-corrected chi connectivity index (χ2v) is 13.3. The molecule has 0 aromatic heterocycles. The monoisotopic (exact) mass is 662 g/mol. The van der Waals surface area contributed by atoms with Gasteiger partial charge in [-0.1, -0.05) is 82.7 Å².